The number of benzene rings is 17. The lowest BCUT2D eigenvalue weighted by Gasteiger charge is -2.16. The van der Waals surface area contributed by atoms with Crippen LogP contribution in [-0.2, 0) is 0 Å². The third kappa shape index (κ3) is 11.2. The van der Waals surface area contributed by atoms with Gasteiger partial charge in [0.25, 0.3) is 0 Å². The smallest absolute Gasteiger partial charge is 0.167 e. The van der Waals surface area contributed by atoms with Gasteiger partial charge in [0, 0.05) is 43.8 Å². The Morgan fingerprint density at radius 1 is 0.155 bits per heavy atom. The summed E-state index contributed by atoms with van der Waals surface area (Å²) in [6.45, 7) is 0. The van der Waals surface area contributed by atoms with E-state index in [1.807, 2.05) is 78.9 Å². The normalized spacial score (nSPS) is 11.6. The van der Waals surface area contributed by atoms with E-state index >= 15 is 0 Å². The van der Waals surface area contributed by atoms with Crippen molar-refractivity contribution in [1.29, 1.82) is 0 Å². The minimum absolute atomic E-state index is 0.523. The molecule has 0 aliphatic carbocycles. The van der Waals surface area contributed by atoms with E-state index in [1.54, 1.807) is 0 Å². The predicted octanol–water partition coefficient (Wildman–Crippen LogP) is 27.0. The Morgan fingerprint density at radius 3 is 1.04 bits per heavy atom. The van der Waals surface area contributed by atoms with Gasteiger partial charge in [-0.3, -0.25) is 0 Å². The molecule has 4 heterocycles. The molecular weight excluding hydrogens is 1340 g/mol. The zero-order valence-corrected chi connectivity index (χ0v) is 59.3. The fourth-order valence-corrected chi connectivity index (χ4v) is 16.1. The third-order valence-corrected chi connectivity index (χ3v) is 21.4. The molecule has 0 unspecified atom stereocenters. The molecule has 0 atom stereocenters. The van der Waals surface area contributed by atoms with Gasteiger partial charge in [0.15, 0.2) is 34.9 Å². The SMILES string of the molecule is c1ccc(-c2nc(-c3ccc(-c4cccc(-c5ccc(-c6cccc(-c7ccc8c(c7)oc7c(-c9nc(-c%10ccccc%10)nc(-c%10ccc(-c%11cccc(-c%12c(-c%13ccccc%13)ccc%13ccccc%12%13)c%11)c%11ccccc%10%11)n9)cccc78)c6)cc5)c4)c4ccccc34)nc(-c3cccc4c3oc3ccccc34)n2)cc1. The van der Waals surface area contributed by atoms with E-state index in [0.717, 1.165) is 154 Å². The summed E-state index contributed by atoms with van der Waals surface area (Å²) in [6, 6.07) is 132. The molecule has 8 heteroatoms. The first-order valence-electron chi connectivity index (χ1n) is 37.0. The number of fused-ring (bicyclic) bond motifs is 9. The van der Waals surface area contributed by atoms with Gasteiger partial charge in [-0.25, -0.2) is 29.9 Å². The van der Waals surface area contributed by atoms with Crippen molar-refractivity contribution in [3.63, 3.8) is 0 Å². The molecule has 0 saturated heterocycles. The van der Waals surface area contributed by atoms with Crippen molar-refractivity contribution in [3.8, 4) is 146 Å². The number of hydrogen-bond acceptors (Lipinski definition) is 8. The minimum atomic E-state index is 0.523. The lowest BCUT2D eigenvalue weighted by atomic mass is 9.88. The van der Waals surface area contributed by atoms with Crippen LogP contribution >= 0.6 is 0 Å². The second kappa shape index (κ2) is 26.6. The summed E-state index contributed by atoms with van der Waals surface area (Å²) in [5.74, 6) is 3.38. The first kappa shape index (κ1) is 63.6. The van der Waals surface area contributed by atoms with Gasteiger partial charge in [0.05, 0.1) is 11.1 Å². The molecule has 21 rings (SSSR count). The second-order valence-electron chi connectivity index (χ2n) is 27.9. The van der Waals surface area contributed by atoms with Crippen molar-refractivity contribution in [2.24, 2.45) is 0 Å². The highest BCUT2D eigenvalue weighted by atomic mass is 16.3. The first-order valence-corrected chi connectivity index (χ1v) is 37.0. The number of para-hydroxylation sites is 3. The third-order valence-electron chi connectivity index (χ3n) is 21.4. The van der Waals surface area contributed by atoms with Crippen LogP contribution in [0.5, 0.6) is 0 Å². The van der Waals surface area contributed by atoms with Gasteiger partial charge in [0.2, 0.25) is 0 Å². The zero-order chi connectivity index (χ0) is 72.6. The lowest BCUT2D eigenvalue weighted by molar-refractivity contribution is 0.669. The van der Waals surface area contributed by atoms with Crippen molar-refractivity contribution in [1.82, 2.24) is 29.9 Å². The Balaban J connectivity index is 0.581. The van der Waals surface area contributed by atoms with Crippen molar-refractivity contribution in [3.05, 3.63) is 376 Å². The van der Waals surface area contributed by atoms with Gasteiger partial charge in [0.1, 0.15) is 22.3 Å². The van der Waals surface area contributed by atoms with Gasteiger partial charge >= 0.3 is 0 Å². The van der Waals surface area contributed by atoms with Crippen LogP contribution in [0.15, 0.2) is 385 Å². The molecule has 0 radical (unpaired) electrons. The summed E-state index contributed by atoms with van der Waals surface area (Å²) < 4.78 is 13.5. The maximum absolute atomic E-state index is 7.02. The fraction of sp³-hybridized carbons (Fsp3) is 0. The molecule has 0 spiro atoms. The van der Waals surface area contributed by atoms with Crippen LogP contribution in [0.4, 0.5) is 0 Å². The molecular formula is C102H62N6O2. The molecule has 110 heavy (non-hydrogen) atoms. The van der Waals surface area contributed by atoms with Crippen LogP contribution < -0.4 is 0 Å². The lowest BCUT2D eigenvalue weighted by Crippen LogP contribution is -2.01. The van der Waals surface area contributed by atoms with Gasteiger partial charge in [-0.1, -0.05) is 315 Å². The van der Waals surface area contributed by atoms with Gasteiger partial charge in [-0.05, 0) is 171 Å². The summed E-state index contributed by atoms with van der Waals surface area (Å²) in [4.78, 5) is 31.5. The van der Waals surface area contributed by atoms with Crippen LogP contribution in [0.1, 0.15) is 0 Å². The number of nitrogens with zero attached hydrogens (tertiary/aromatic N) is 6. The van der Waals surface area contributed by atoms with Gasteiger partial charge in [-0.2, -0.15) is 0 Å². The van der Waals surface area contributed by atoms with E-state index in [0.29, 0.717) is 40.5 Å². The molecule has 0 N–H and O–H groups in total. The molecule has 512 valence electrons. The molecule has 4 aromatic heterocycles. The van der Waals surface area contributed by atoms with Crippen molar-refractivity contribution in [2.75, 3.05) is 0 Å². The fourth-order valence-electron chi connectivity index (χ4n) is 16.1. The number of rotatable bonds is 13. The zero-order valence-electron chi connectivity index (χ0n) is 59.3. The van der Waals surface area contributed by atoms with E-state index in [4.69, 9.17) is 38.7 Å². The average Bonchev–Trinajstić information content (AvgIpc) is 1.51. The molecule has 0 aliphatic heterocycles. The highest BCUT2D eigenvalue weighted by molar-refractivity contribution is 6.13. The van der Waals surface area contributed by atoms with E-state index in [1.165, 1.54) is 27.5 Å². The van der Waals surface area contributed by atoms with Gasteiger partial charge in [-0.15, -0.1) is 0 Å². The Labute approximate surface area is 633 Å². The van der Waals surface area contributed by atoms with Gasteiger partial charge < -0.3 is 8.83 Å². The minimum Gasteiger partial charge on any atom is -0.455 e. The Bertz CT molecular complexity index is 7210. The summed E-state index contributed by atoms with van der Waals surface area (Å²) in [7, 11) is 0. The van der Waals surface area contributed by atoms with Crippen LogP contribution in [0.25, 0.3) is 222 Å². The van der Waals surface area contributed by atoms with Crippen LogP contribution in [0.3, 0.4) is 0 Å². The van der Waals surface area contributed by atoms with E-state index < -0.39 is 0 Å². The van der Waals surface area contributed by atoms with Crippen LogP contribution in [-0.4, -0.2) is 29.9 Å². The highest BCUT2D eigenvalue weighted by Crippen LogP contribution is 2.46. The first-order chi connectivity index (χ1) is 54.5. The molecule has 0 saturated carbocycles. The highest BCUT2D eigenvalue weighted by Gasteiger charge is 2.24. The molecule has 0 fully saturated rings. The van der Waals surface area contributed by atoms with Crippen molar-refractivity contribution >= 4 is 76.2 Å². The molecule has 21 aromatic rings. The maximum atomic E-state index is 7.02. The number of hydrogen-bond donors (Lipinski definition) is 0. The summed E-state index contributed by atoms with van der Waals surface area (Å²) in [5.41, 5.74) is 24.0. The summed E-state index contributed by atoms with van der Waals surface area (Å²) in [5, 5.41) is 10.7. The molecule has 8 nitrogen and oxygen atoms in total. The summed E-state index contributed by atoms with van der Waals surface area (Å²) >= 11 is 0. The van der Waals surface area contributed by atoms with E-state index in [9.17, 15) is 0 Å². The van der Waals surface area contributed by atoms with Crippen LogP contribution in [0.2, 0.25) is 0 Å². The Morgan fingerprint density at radius 2 is 0.491 bits per heavy atom. The largest absolute Gasteiger partial charge is 0.455 e. The Hall–Kier alpha value is -14.9. The van der Waals surface area contributed by atoms with E-state index in [-0.39, 0.29) is 0 Å². The van der Waals surface area contributed by atoms with Crippen molar-refractivity contribution in [2.45, 2.75) is 0 Å². The molecule has 17 aromatic carbocycles. The second-order valence-corrected chi connectivity index (χ2v) is 27.9. The topological polar surface area (TPSA) is 104 Å². The quantitative estimate of drug-likeness (QED) is 0.112. The maximum Gasteiger partial charge on any atom is 0.167 e. The molecule has 0 aliphatic rings. The number of furan rings is 2. The average molecular weight is 1400 g/mol. The Kier molecular flexibility index (Phi) is 15.4. The monoisotopic (exact) mass is 1400 g/mol. The standard InChI is InChI=1S/C102H62N6O2/c1-4-23-65(24-5-1)79-53-51-66-25-10-11-36-78(66)94(79)75-35-20-34-74(61-75)77-56-58-89(83-40-15-13-38-81(77)83)100-104-98(68-28-8-3-9-29-68)106-102(108-100)91-45-22-43-87-85-54-52-72(62-93(85)110-96(87)91)71-32-18-30-69(59-71)63-47-49-64(50-48-63)70-31-19-33-73(60-70)76-55-57-88(82-39-14-12-37-80(76)82)99-103-97(67-26-6-2-7-27-67)105-101(107-99)90-44-21-42-86-84-41-16-17-46-92(84)109-95(86)90/h1-62H. The summed E-state index contributed by atoms with van der Waals surface area (Å²) in [6.07, 6.45) is 0. The van der Waals surface area contributed by atoms with Crippen LogP contribution in [0, 0.1) is 0 Å². The molecule has 0 amide bonds. The molecule has 0 bridgehead atoms. The van der Waals surface area contributed by atoms with Crippen molar-refractivity contribution < 1.29 is 8.83 Å². The van der Waals surface area contributed by atoms with E-state index in [2.05, 4.69) is 297 Å². The predicted molar refractivity (Wildman–Crippen MR) is 451 cm³/mol. The number of aromatic nitrogens is 6.